The summed E-state index contributed by atoms with van der Waals surface area (Å²) in [6, 6.07) is 10.6. The third-order valence-electron chi connectivity index (χ3n) is 6.16. The van der Waals surface area contributed by atoms with Gasteiger partial charge in [-0.05, 0) is 45.3 Å². The third kappa shape index (κ3) is 3.17. The second-order valence-corrected chi connectivity index (χ2v) is 8.17. The highest BCUT2D eigenvalue weighted by Gasteiger charge is 2.50. The van der Waals surface area contributed by atoms with E-state index in [0.29, 0.717) is 17.5 Å². The topological polar surface area (TPSA) is 61.4 Å². The van der Waals surface area contributed by atoms with E-state index in [0.717, 1.165) is 25.7 Å². The number of nitrogens with zero attached hydrogens (tertiary/aromatic N) is 4. The molecule has 27 heavy (non-hydrogen) atoms. The summed E-state index contributed by atoms with van der Waals surface area (Å²) in [6.45, 7) is 0.612. The first-order valence-electron chi connectivity index (χ1n) is 9.24. The quantitative estimate of drug-likeness (QED) is 0.879. The van der Waals surface area contributed by atoms with E-state index in [2.05, 4.69) is 64.6 Å². The molecule has 2 amide bonds. The minimum absolute atomic E-state index is 0.00470. The Morgan fingerprint density at radius 3 is 2.37 bits per heavy atom. The van der Waals surface area contributed by atoms with Crippen molar-refractivity contribution in [3.8, 4) is 0 Å². The van der Waals surface area contributed by atoms with Gasteiger partial charge in [0, 0.05) is 5.54 Å². The number of benzene rings is 1. The van der Waals surface area contributed by atoms with Crippen molar-refractivity contribution in [2.45, 2.75) is 36.8 Å². The minimum atomic E-state index is -0.216. The number of rotatable bonds is 3. The Labute approximate surface area is 164 Å². The van der Waals surface area contributed by atoms with Gasteiger partial charge in [0.15, 0.2) is 5.82 Å². The maximum atomic E-state index is 12.6. The Kier molecular flexibility index (Phi) is 4.56. The molecule has 2 heterocycles. The molecule has 1 spiro atoms. The number of hydrogen-bond donors (Lipinski definition) is 1. The molecule has 6 nitrogen and oxygen atoms in total. The standard InChI is InChI=1S/C20H24ClN5O/c1-25(2)20(15-6-4-3-5-7-15)10-8-19(9-11-20)14-26(18(27)24-19)17-13-22-16(21)12-23-17/h3-7,12-13H,8-11,14H2,1-2H3,(H,24,27)/t19-,20+. The van der Waals surface area contributed by atoms with Gasteiger partial charge in [0.05, 0.1) is 24.5 Å². The molecule has 142 valence electrons. The fourth-order valence-electron chi connectivity index (χ4n) is 4.51. The number of hydrogen-bond acceptors (Lipinski definition) is 4. The average Bonchev–Trinajstić information content (AvgIpc) is 3.00. The van der Waals surface area contributed by atoms with Crippen LogP contribution in [0.1, 0.15) is 31.2 Å². The van der Waals surface area contributed by atoms with Crippen molar-refractivity contribution in [1.29, 1.82) is 0 Å². The highest BCUT2D eigenvalue weighted by Crippen LogP contribution is 2.46. The highest BCUT2D eigenvalue weighted by molar-refractivity contribution is 6.29. The number of aromatic nitrogens is 2. The summed E-state index contributed by atoms with van der Waals surface area (Å²) in [5.41, 5.74) is 1.13. The lowest BCUT2D eigenvalue weighted by Gasteiger charge is -2.48. The first-order valence-corrected chi connectivity index (χ1v) is 9.62. The fourth-order valence-corrected chi connectivity index (χ4v) is 4.60. The van der Waals surface area contributed by atoms with Crippen LogP contribution in [0.4, 0.5) is 10.6 Å². The summed E-state index contributed by atoms with van der Waals surface area (Å²) in [5, 5.41) is 3.55. The van der Waals surface area contributed by atoms with Crippen molar-refractivity contribution in [2.24, 2.45) is 0 Å². The molecule has 2 aromatic rings. The van der Waals surface area contributed by atoms with Crippen molar-refractivity contribution >= 4 is 23.4 Å². The number of amides is 2. The predicted molar refractivity (Wildman–Crippen MR) is 106 cm³/mol. The maximum absolute atomic E-state index is 12.6. The third-order valence-corrected chi connectivity index (χ3v) is 6.36. The van der Waals surface area contributed by atoms with Gasteiger partial charge in [0.2, 0.25) is 0 Å². The lowest BCUT2D eigenvalue weighted by Crippen LogP contribution is -2.54. The molecule has 1 aromatic heterocycles. The van der Waals surface area contributed by atoms with E-state index in [9.17, 15) is 4.79 Å². The Hall–Kier alpha value is -2.18. The van der Waals surface area contributed by atoms with Crippen LogP contribution in [0.25, 0.3) is 0 Å². The van der Waals surface area contributed by atoms with Gasteiger partial charge in [0.1, 0.15) is 5.15 Å². The van der Waals surface area contributed by atoms with Crippen LogP contribution < -0.4 is 10.2 Å². The summed E-state index contributed by atoms with van der Waals surface area (Å²) >= 11 is 5.82. The van der Waals surface area contributed by atoms with E-state index in [1.165, 1.54) is 11.8 Å². The SMILES string of the molecule is CN(C)[C@]1(c2ccccc2)CC[C@]2(CC1)CN(c1cnc(Cl)cn1)C(=O)N2. The van der Waals surface area contributed by atoms with E-state index in [4.69, 9.17) is 11.6 Å². The lowest BCUT2D eigenvalue weighted by molar-refractivity contribution is 0.0657. The molecule has 1 aliphatic carbocycles. The van der Waals surface area contributed by atoms with E-state index in [-0.39, 0.29) is 17.1 Å². The van der Waals surface area contributed by atoms with Crippen molar-refractivity contribution in [1.82, 2.24) is 20.2 Å². The van der Waals surface area contributed by atoms with Crippen molar-refractivity contribution in [3.63, 3.8) is 0 Å². The molecule has 2 fully saturated rings. The monoisotopic (exact) mass is 385 g/mol. The number of carbonyl (C=O) groups is 1. The Balaban J connectivity index is 1.54. The molecule has 0 atom stereocenters. The summed E-state index contributed by atoms with van der Waals surface area (Å²) in [7, 11) is 4.29. The second kappa shape index (κ2) is 6.77. The van der Waals surface area contributed by atoms with Gasteiger partial charge >= 0.3 is 6.03 Å². The first-order chi connectivity index (χ1) is 12.9. The predicted octanol–water partition coefficient (Wildman–Crippen LogP) is 3.43. The van der Waals surface area contributed by atoms with E-state index >= 15 is 0 Å². The van der Waals surface area contributed by atoms with Gasteiger partial charge in [-0.2, -0.15) is 0 Å². The highest BCUT2D eigenvalue weighted by atomic mass is 35.5. The zero-order valence-electron chi connectivity index (χ0n) is 15.7. The van der Waals surface area contributed by atoms with Crippen LogP contribution in [0, 0.1) is 0 Å². The summed E-state index contributed by atoms with van der Waals surface area (Å²) < 4.78 is 0. The Morgan fingerprint density at radius 1 is 1.07 bits per heavy atom. The molecule has 0 bridgehead atoms. The smallest absolute Gasteiger partial charge is 0.323 e. The van der Waals surface area contributed by atoms with Gasteiger partial charge in [0.25, 0.3) is 0 Å². The van der Waals surface area contributed by atoms with Crippen LogP contribution in [0.3, 0.4) is 0 Å². The molecule has 7 heteroatoms. The molecule has 0 unspecified atom stereocenters. The Morgan fingerprint density at radius 2 is 1.78 bits per heavy atom. The zero-order chi connectivity index (χ0) is 19.1. The number of halogens is 1. The fraction of sp³-hybridized carbons (Fsp3) is 0.450. The number of nitrogens with one attached hydrogen (secondary N) is 1. The number of anilines is 1. The molecule has 1 aliphatic heterocycles. The molecular formula is C20H24ClN5O. The van der Waals surface area contributed by atoms with Crippen LogP contribution in [-0.2, 0) is 5.54 Å². The first kappa shape index (κ1) is 18.2. The largest absolute Gasteiger partial charge is 0.330 e. The van der Waals surface area contributed by atoms with E-state index < -0.39 is 0 Å². The summed E-state index contributed by atoms with van der Waals surface area (Å²) in [6.07, 6.45) is 6.85. The molecule has 1 N–H and O–H groups in total. The molecular weight excluding hydrogens is 362 g/mol. The van der Waals surface area contributed by atoms with Gasteiger partial charge in [-0.3, -0.25) is 9.80 Å². The van der Waals surface area contributed by atoms with Gasteiger partial charge < -0.3 is 5.32 Å². The average molecular weight is 386 g/mol. The molecule has 4 rings (SSSR count). The van der Waals surface area contributed by atoms with Crippen LogP contribution in [0.5, 0.6) is 0 Å². The van der Waals surface area contributed by atoms with Crippen molar-refractivity contribution in [3.05, 3.63) is 53.4 Å². The van der Waals surface area contributed by atoms with Gasteiger partial charge in [-0.25, -0.2) is 14.8 Å². The lowest BCUT2D eigenvalue weighted by atomic mass is 9.69. The van der Waals surface area contributed by atoms with E-state index in [1.54, 1.807) is 11.1 Å². The molecule has 2 aliphatic rings. The van der Waals surface area contributed by atoms with Gasteiger partial charge in [-0.1, -0.05) is 41.9 Å². The molecule has 1 aromatic carbocycles. The van der Waals surface area contributed by atoms with Crippen LogP contribution in [-0.4, -0.2) is 47.1 Å². The van der Waals surface area contributed by atoms with Crippen LogP contribution in [0.2, 0.25) is 5.15 Å². The van der Waals surface area contributed by atoms with Crippen LogP contribution in [0.15, 0.2) is 42.7 Å². The van der Waals surface area contributed by atoms with Crippen LogP contribution >= 0.6 is 11.6 Å². The maximum Gasteiger partial charge on any atom is 0.323 e. The summed E-state index contributed by atoms with van der Waals surface area (Å²) in [4.78, 5) is 24.9. The second-order valence-electron chi connectivity index (χ2n) is 7.79. The summed E-state index contributed by atoms with van der Waals surface area (Å²) in [5.74, 6) is 0.543. The molecule has 1 saturated carbocycles. The number of urea groups is 1. The van der Waals surface area contributed by atoms with Crippen molar-refractivity contribution in [2.75, 3.05) is 25.5 Å². The minimum Gasteiger partial charge on any atom is -0.330 e. The van der Waals surface area contributed by atoms with E-state index in [1.807, 2.05) is 0 Å². The molecule has 0 radical (unpaired) electrons. The Bertz CT molecular complexity index is 816. The number of carbonyl (C=O) groups excluding carboxylic acids is 1. The van der Waals surface area contributed by atoms with Crippen molar-refractivity contribution < 1.29 is 4.79 Å². The normalized spacial score (nSPS) is 28.0. The zero-order valence-corrected chi connectivity index (χ0v) is 16.4. The molecule has 1 saturated heterocycles. The van der Waals surface area contributed by atoms with Gasteiger partial charge in [-0.15, -0.1) is 0 Å².